The summed E-state index contributed by atoms with van der Waals surface area (Å²) in [6.45, 7) is 5.02. The fraction of sp³-hybridized carbons (Fsp3) is 0.500. The molecule has 0 radical (unpaired) electrons. The maximum absolute atomic E-state index is 12.4. The van der Waals surface area contributed by atoms with E-state index in [1.165, 1.54) is 6.20 Å². The topological polar surface area (TPSA) is 76.1 Å². The third-order valence-corrected chi connectivity index (χ3v) is 5.64. The summed E-state index contributed by atoms with van der Waals surface area (Å²) in [5.41, 5.74) is 1.70. The lowest BCUT2D eigenvalue weighted by Gasteiger charge is -2.48. The number of Topliss-reactive ketones (excluding diaryl/α,β-unsaturated/α-hetero) is 1. The molecule has 3 rings (SSSR count). The van der Waals surface area contributed by atoms with E-state index < -0.39 is 5.97 Å². The van der Waals surface area contributed by atoms with Crippen LogP contribution in [0.3, 0.4) is 0 Å². The molecule has 6 nitrogen and oxygen atoms in total. The number of hydrogen-bond acceptors (Lipinski definition) is 5. The Morgan fingerprint density at radius 3 is 2.70 bits per heavy atom. The Morgan fingerprint density at radius 1 is 1.33 bits per heavy atom. The van der Waals surface area contributed by atoms with Crippen molar-refractivity contribution in [3.8, 4) is 5.75 Å². The largest absolute Gasteiger partial charge is 0.491 e. The minimum absolute atomic E-state index is 0.124. The standard InChI is InChI=1S/C20H24ClNO5/c1-11(2)19-18(21)14-8-12(27-7-6-26-3)4-5-13(14)16-9-17(23)15(20(24)25)10-22(16)19/h4-5,8,10-11,16,18-19H,6-7,9H2,1-3H3,(H,24,25). The first-order valence-corrected chi connectivity index (χ1v) is 9.44. The molecule has 1 aromatic rings. The number of aliphatic carboxylic acids is 1. The lowest BCUT2D eigenvalue weighted by molar-refractivity contribution is -0.135. The Kier molecular flexibility index (Phi) is 5.77. The second kappa shape index (κ2) is 7.90. The van der Waals surface area contributed by atoms with Gasteiger partial charge in [-0.15, -0.1) is 11.6 Å². The molecule has 1 N–H and O–H groups in total. The summed E-state index contributed by atoms with van der Waals surface area (Å²) in [7, 11) is 1.62. The Bertz CT molecular complexity index is 776. The Balaban J connectivity index is 2.02. The summed E-state index contributed by atoms with van der Waals surface area (Å²) in [6.07, 6.45) is 1.60. The van der Waals surface area contributed by atoms with Crippen molar-refractivity contribution in [2.75, 3.05) is 20.3 Å². The van der Waals surface area contributed by atoms with Crippen LogP contribution in [0.25, 0.3) is 0 Å². The molecular formula is C20H24ClNO5. The van der Waals surface area contributed by atoms with Crippen molar-refractivity contribution in [3.05, 3.63) is 41.1 Å². The summed E-state index contributed by atoms with van der Waals surface area (Å²) in [5.74, 6) is -0.678. The smallest absolute Gasteiger partial charge is 0.340 e. The van der Waals surface area contributed by atoms with Crippen molar-refractivity contribution in [3.63, 3.8) is 0 Å². The van der Waals surface area contributed by atoms with Gasteiger partial charge in [-0.1, -0.05) is 19.9 Å². The van der Waals surface area contributed by atoms with E-state index in [1.54, 1.807) is 7.11 Å². The number of alkyl halides is 1. The number of carbonyl (C=O) groups is 2. The van der Waals surface area contributed by atoms with E-state index in [-0.39, 0.29) is 41.2 Å². The highest BCUT2D eigenvalue weighted by Gasteiger charge is 2.44. The zero-order chi connectivity index (χ0) is 19.7. The van der Waals surface area contributed by atoms with Crippen LogP contribution in [-0.2, 0) is 14.3 Å². The number of benzene rings is 1. The average Bonchev–Trinajstić information content (AvgIpc) is 2.62. The van der Waals surface area contributed by atoms with Gasteiger partial charge in [-0.3, -0.25) is 4.79 Å². The second-order valence-corrected chi connectivity index (χ2v) is 7.68. The number of rotatable bonds is 6. The monoisotopic (exact) mass is 393 g/mol. The molecule has 3 atom stereocenters. The third kappa shape index (κ3) is 3.69. The van der Waals surface area contributed by atoms with Gasteiger partial charge in [0.1, 0.15) is 17.9 Å². The molecular weight excluding hydrogens is 370 g/mol. The fourth-order valence-corrected chi connectivity index (χ4v) is 4.50. The van der Waals surface area contributed by atoms with Crippen LogP contribution < -0.4 is 4.74 Å². The molecule has 0 saturated carbocycles. The summed E-state index contributed by atoms with van der Waals surface area (Å²) < 4.78 is 10.7. The van der Waals surface area contributed by atoms with Gasteiger partial charge in [0.05, 0.1) is 24.1 Å². The van der Waals surface area contributed by atoms with E-state index in [4.69, 9.17) is 21.1 Å². The summed E-state index contributed by atoms with van der Waals surface area (Å²) in [4.78, 5) is 25.7. The average molecular weight is 394 g/mol. The summed E-state index contributed by atoms with van der Waals surface area (Å²) in [6, 6.07) is 5.36. The normalized spacial score (nSPS) is 24.3. The van der Waals surface area contributed by atoms with Crippen molar-refractivity contribution in [1.82, 2.24) is 4.90 Å². The molecule has 3 unspecified atom stereocenters. The van der Waals surface area contributed by atoms with E-state index in [2.05, 4.69) is 0 Å². The van der Waals surface area contributed by atoms with Gasteiger partial charge in [-0.25, -0.2) is 4.79 Å². The molecule has 2 heterocycles. The molecule has 0 amide bonds. The molecule has 146 valence electrons. The van der Waals surface area contributed by atoms with Crippen LogP contribution >= 0.6 is 11.6 Å². The molecule has 0 saturated heterocycles. The summed E-state index contributed by atoms with van der Waals surface area (Å²) in [5, 5.41) is 9.00. The number of ketones is 1. The van der Waals surface area contributed by atoms with Crippen LogP contribution in [0.5, 0.6) is 5.75 Å². The minimum atomic E-state index is -1.19. The third-order valence-electron chi connectivity index (χ3n) is 5.15. The molecule has 0 bridgehead atoms. The number of fused-ring (bicyclic) bond motifs is 3. The van der Waals surface area contributed by atoms with Crippen LogP contribution in [0.2, 0.25) is 0 Å². The van der Waals surface area contributed by atoms with Gasteiger partial charge in [0, 0.05) is 19.7 Å². The van der Waals surface area contributed by atoms with Gasteiger partial charge in [-0.2, -0.15) is 0 Å². The van der Waals surface area contributed by atoms with Gasteiger partial charge in [0.15, 0.2) is 5.78 Å². The number of ether oxygens (including phenoxy) is 2. The number of carboxylic acids is 1. The fourth-order valence-electron chi connectivity index (χ4n) is 3.89. The minimum Gasteiger partial charge on any atom is -0.491 e. The van der Waals surface area contributed by atoms with Crippen molar-refractivity contribution in [2.45, 2.75) is 37.7 Å². The quantitative estimate of drug-likeness (QED) is 0.454. The predicted octanol–water partition coefficient (Wildman–Crippen LogP) is 3.31. The zero-order valence-electron chi connectivity index (χ0n) is 15.6. The Morgan fingerprint density at radius 2 is 2.07 bits per heavy atom. The molecule has 7 heteroatoms. The molecule has 1 aromatic carbocycles. The van der Waals surface area contributed by atoms with E-state index in [0.29, 0.717) is 19.0 Å². The van der Waals surface area contributed by atoms with Gasteiger partial charge < -0.3 is 19.5 Å². The highest BCUT2D eigenvalue weighted by Crippen LogP contribution is 2.49. The van der Waals surface area contributed by atoms with Crippen molar-refractivity contribution in [1.29, 1.82) is 0 Å². The Hall–Kier alpha value is -2.05. The molecule has 0 fully saturated rings. The van der Waals surface area contributed by atoms with E-state index in [1.807, 2.05) is 36.9 Å². The molecule has 0 aromatic heterocycles. The van der Waals surface area contributed by atoms with Crippen LogP contribution in [0.15, 0.2) is 30.0 Å². The number of hydrogen-bond donors (Lipinski definition) is 1. The predicted molar refractivity (Wildman–Crippen MR) is 101 cm³/mol. The molecule has 0 aliphatic carbocycles. The number of carboxylic acid groups (broad SMARTS) is 1. The number of carbonyl (C=O) groups excluding carboxylic acids is 1. The molecule has 2 aliphatic heterocycles. The lowest BCUT2D eigenvalue weighted by Crippen LogP contribution is -2.48. The second-order valence-electron chi connectivity index (χ2n) is 7.21. The highest BCUT2D eigenvalue weighted by atomic mass is 35.5. The molecule has 2 aliphatic rings. The molecule has 0 spiro atoms. The van der Waals surface area contributed by atoms with Gasteiger partial charge in [-0.05, 0) is 29.2 Å². The maximum Gasteiger partial charge on any atom is 0.340 e. The van der Waals surface area contributed by atoms with Crippen molar-refractivity contribution in [2.24, 2.45) is 5.92 Å². The zero-order valence-corrected chi connectivity index (χ0v) is 16.4. The van der Waals surface area contributed by atoms with Crippen LogP contribution in [0.4, 0.5) is 0 Å². The number of halogens is 1. The SMILES string of the molecule is COCCOc1ccc2c(c1)C(Cl)C(C(C)C)N1C=C(C(=O)O)C(=O)CC21. The highest BCUT2D eigenvalue weighted by molar-refractivity contribution is 6.22. The van der Waals surface area contributed by atoms with E-state index in [9.17, 15) is 14.7 Å². The summed E-state index contributed by atoms with van der Waals surface area (Å²) >= 11 is 6.84. The first kappa shape index (κ1) is 19.7. The molecule has 27 heavy (non-hydrogen) atoms. The lowest BCUT2D eigenvalue weighted by atomic mass is 9.79. The first-order valence-electron chi connectivity index (χ1n) is 9.00. The van der Waals surface area contributed by atoms with Gasteiger partial charge in [0.2, 0.25) is 0 Å². The van der Waals surface area contributed by atoms with Crippen molar-refractivity contribution < 1.29 is 24.2 Å². The van der Waals surface area contributed by atoms with Crippen LogP contribution in [0, 0.1) is 5.92 Å². The van der Waals surface area contributed by atoms with Crippen LogP contribution in [0.1, 0.15) is 42.8 Å². The van der Waals surface area contributed by atoms with Crippen LogP contribution in [-0.4, -0.2) is 48.1 Å². The maximum atomic E-state index is 12.4. The van der Waals surface area contributed by atoms with Crippen molar-refractivity contribution >= 4 is 23.4 Å². The van der Waals surface area contributed by atoms with Gasteiger partial charge >= 0.3 is 5.97 Å². The number of nitrogens with zero attached hydrogens (tertiary/aromatic N) is 1. The van der Waals surface area contributed by atoms with Gasteiger partial charge in [0.25, 0.3) is 0 Å². The first-order chi connectivity index (χ1) is 12.8. The van der Waals surface area contributed by atoms with E-state index >= 15 is 0 Å². The Labute approximate surface area is 163 Å². The van der Waals surface area contributed by atoms with E-state index in [0.717, 1.165) is 11.1 Å². The number of methoxy groups -OCH3 is 1.